The maximum atomic E-state index is 11.2. The second-order valence-electron chi connectivity index (χ2n) is 4.94. The van der Waals surface area contributed by atoms with Crippen LogP contribution in [0.2, 0.25) is 0 Å². The van der Waals surface area contributed by atoms with E-state index in [1.54, 1.807) is 19.1 Å². The number of pyridine rings is 1. The van der Waals surface area contributed by atoms with Crippen LogP contribution in [-0.2, 0) is 0 Å². The van der Waals surface area contributed by atoms with E-state index in [0.29, 0.717) is 17.4 Å². The molecule has 0 fully saturated rings. The first-order valence-corrected chi connectivity index (χ1v) is 6.46. The number of nitrogens with zero attached hydrogens (tertiary/aromatic N) is 1. The first-order chi connectivity index (χ1) is 9.47. The highest BCUT2D eigenvalue weighted by Gasteiger charge is 2.14. The van der Waals surface area contributed by atoms with Crippen LogP contribution in [-0.4, -0.2) is 16.1 Å². The first-order valence-electron chi connectivity index (χ1n) is 6.46. The maximum absolute atomic E-state index is 11.2. The largest absolute Gasteiger partial charge is 0.477 e. The van der Waals surface area contributed by atoms with Gasteiger partial charge in [-0.1, -0.05) is 26.0 Å². The highest BCUT2D eigenvalue weighted by molar-refractivity contribution is 5.90. The zero-order chi connectivity index (χ0) is 14.7. The van der Waals surface area contributed by atoms with Crippen LogP contribution in [0.5, 0.6) is 11.6 Å². The molecule has 0 saturated heterocycles. The molecule has 0 bridgehead atoms. The maximum Gasteiger partial charge on any atom is 0.341 e. The number of rotatable bonds is 4. The molecule has 0 amide bonds. The number of aromatic nitrogens is 1. The van der Waals surface area contributed by atoms with Gasteiger partial charge in [0.2, 0.25) is 5.88 Å². The normalized spacial score (nSPS) is 10.6. The molecule has 1 aromatic heterocycles. The van der Waals surface area contributed by atoms with E-state index in [1.807, 2.05) is 18.2 Å². The summed E-state index contributed by atoms with van der Waals surface area (Å²) in [5.74, 6) is 0.0469. The molecule has 0 aliphatic heterocycles. The molecule has 0 spiro atoms. The van der Waals surface area contributed by atoms with Gasteiger partial charge in [0.1, 0.15) is 11.3 Å². The molecule has 1 aromatic carbocycles. The first kappa shape index (κ1) is 14.1. The fourth-order valence-corrected chi connectivity index (χ4v) is 1.82. The van der Waals surface area contributed by atoms with Crippen LogP contribution in [0.1, 0.15) is 41.4 Å². The Labute approximate surface area is 118 Å². The zero-order valence-corrected chi connectivity index (χ0v) is 11.8. The lowest BCUT2D eigenvalue weighted by Crippen LogP contribution is -2.03. The number of benzene rings is 1. The highest BCUT2D eigenvalue weighted by atomic mass is 16.5. The van der Waals surface area contributed by atoms with Crippen LogP contribution in [0.4, 0.5) is 0 Å². The van der Waals surface area contributed by atoms with Crippen LogP contribution in [0.3, 0.4) is 0 Å². The number of aryl methyl sites for hydroxylation is 1. The lowest BCUT2D eigenvalue weighted by Gasteiger charge is -2.11. The average Bonchev–Trinajstić information content (AvgIpc) is 2.38. The second kappa shape index (κ2) is 5.74. The van der Waals surface area contributed by atoms with E-state index >= 15 is 0 Å². The van der Waals surface area contributed by atoms with Crippen molar-refractivity contribution in [1.82, 2.24) is 4.98 Å². The summed E-state index contributed by atoms with van der Waals surface area (Å²) >= 11 is 0. The van der Waals surface area contributed by atoms with E-state index in [2.05, 4.69) is 18.8 Å². The molecule has 2 rings (SSSR count). The summed E-state index contributed by atoms with van der Waals surface area (Å²) in [6, 6.07) is 10.8. The van der Waals surface area contributed by atoms with E-state index in [9.17, 15) is 4.79 Å². The molecule has 0 aliphatic rings. The van der Waals surface area contributed by atoms with Crippen LogP contribution in [0, 0.1) is 6.92 Å². The molecule has 0 unspecified atom stereocenters. The Morgan fingerprint density at radius 2 is 2.00 bits per heavy atom. The van der Waals surface area contributed by atoms with Crippen molar-refractivity contribution >= 4 is 5.97 Å². The number of aromatic carboxylic acids is 1. The van der Waals surface area contributed by atoms with Gasteiger partial charge in [-0.15, -0.1) is 0 Å². The number of ether oxygens (including phenoxy) is 1. The van der Waals surface area contributed by atoms with E-state index < -0.39 is 5.97 Å². The Kier molecular flexibility index (Phi) is 4.03. The van der Waals surface area contributed by atoms with Crippen molar-refractivity contribution in [1.29, 1.82) is 0 Å². The highest BCUT2D eigenvalue weighted by Crippen LogP contribution is 2.26. The van der Waals surface area contributed by atoms with Gasteiger partial charge in [-0.05, 0) is 42.7 Å². The van der Waals surface area contributed by atoms with Gasteiger partial charge in [-0.2, -0.15) is 0 Å². The van der Waals surface area contributed by atoms with Gasteiger partial charge in [-0.25, -0.2) is 9.78 Å². The Morgan fingerprint density at radius 1 is 1.25 bits per heavy atom. The van der Waals surface area contributed by atoms with Gasteiger partial charge < -0.3 is 9.84 Å². The Morgan fingerprint density at radius 3 is 2.65 bits per heavy atom. The summed E-state index contributed by atoms with van der Waals surface area (Å²) in [7, 11) is 0. The Balaban J connectivity index is 2.36. The molecule has 4 nitrogen and oxygen atoms in total. The summed E-state index contributed by atoms with van der Waals surface area (Å²) in [5, 5.41) is 9.16. The number of carboxylic acids is 1. The van der Waals surface area contributed by atoms with Crippen LogP contribution in [0.15, 0.2) is 36.4 Å². The van der Waals surface area contributed by atoms with Crippen LogP contribution < -0.4 is 4.74 Å². The van der Waals surface area contributed by atoms with E-state index in [-0.39, 0.29) is 11.4 Å². The summed E-state index contributed by atoms with van der Waals surface area (Å²) < 4.78 is 5.65. The van der Waals surface area contributed by atoms with Gasteiger partial charge in [0.15, 0.2) is 0 Å². The second-order valence-corrected chi connectivity index (χ2v) is 4.94. The molecular weight excluding hydrogens is 254 g/mol. The van der Waals surface area contributed by atoms with Crippen LogP contribution in [0.25, 0.3) is 0 Å². The Hall–Kier alpha value is -2.36. The van der Waals surface area contributed by atoms with Gasteiger partial charge in [0, 0.05) is 5.69 Å². The summed E-state index contributed by atoms with van der Waals surface area (Å²) in [6.07, 6.45) is 0. The molecule has 1 heterocycles. The van der Waals surface area contributed by atoms with Gasteiger partial charge >= 0.3 is 5.97 Å². The number of carbonyl (C=O) groups is 1. The van der Waals surface area contributed by atoms with Gasteiger partial charge in [0.05, 0.1) is 0 Å². The number of hydrogen-bond acceptors (Lipinski definition) is 3. The number of carboxylic acid groups (broad SMARTS) is 1. The molecule has 0 atom stereocenters. The third-order valence-electron chi connectivity index (χ3n) is 2.97. The third-order valence-corrected chi connectivity index (χ3v) is 2.97. The van der Waals surface area contributed by atoms with Gasteiger partial charge in [0.25, 0.3) is 0 Å². The predicted molar refractivity (Wildman–Crippen MR) is 76.5 cm³/mol. The van der Waals surface area contributed by atoms with Crippen molar-refractivity contribution in [3.05, 3.63) is 53.2 Å². The van der Waals surface area contributed by atoms with Crippen molar-refractivity contribution in [2.45, 2.75) is 26.7 Å². The van der Waals surface area contributed by atoms with E-state index in [4.69, 9.17) is 9.84 Å². The molecule has 2 aromatic rings. The van der Waals surface area contributed by atoms with Crippen molar-refractivity contribution in [2.24, 2.45) is 0 Å². The summed E-state index contributed by atoms with van der Waals surface area (Å²) in [6.45, 7) is 5.97. The monoisotopic (exact) mass is 271 g/mol. The molecule has 1 N–H and O–H groups in total. The molecule has 0 saturated carbocycles. The van der Waals surface area contributed by atoms with Crippen molar-refractivity contribution in [2.75, 3.05) is 0 Å². The van der Waals surface area contributed by atoms with Crippen LogP contribution >= 0.6 is 0 Å². The average molecular weight is 271 g/mol. The Bertz CT molecular complexity index is 635. The summed E-state index contributed by atoms with van der Waals surface area (Å²) in [5.41, 5.74) is 1.91. The minimum Gasteiger partial charge on any atom is -0.477 e. The van der Waals surface area contributed by atoms with E-state index in [0.717, 1.165) is 5.56 Å². The molecule has 104 valence electrons. The minimum absolute atomic E-state index is 0.0607. The van der Waals surface area contributed by atoms with Crippen molar-refractivity contribution < 1.29 is 14.6 Å². The summed E-state index contributed by atoms with van der Waals surface area (Å²) in [4.78, 5) is 15.3. The number of hydrogen-bond donors (Lipinski definition) is 1. The molecular formula is C16H17NO3. The molecule has 4 heteroatoms. The quantitative estimate of drug-likeness (QED) is 0.912. The standard InChI is InChI=1S/C16H17NO3/c1-10(2)12-5-4-6-13(9-12)20-15-14(16(18)19)8-7-11(3)17-15/h4-10H,1-3H3,(H,18,19). The SMILES string of the molecule is Cc1ccc(C(=O)O)c(Oc2cccc(C(C)C)c2)n1. The minimum atomic E-state index is -1.05. The fraction of sp³-hybridized carbons (Fsp3) is 0.250. The molecule has 0 radical (unpaired) electrons. The third kappa shape index (κ3) is 3.15. The predicted octanol–water partition coefficient (Wildman–Crippen LogP) is 4.00. The smallest absolute Gasteiger partial charge is 0.341 e. The van der Waals surface area contributed by atoms with Gasteiger partial charge in [-0.3, -0.25) is 0 Å². The molecule has 20 heavy (non-hydrogen) atoms. The topological polar surface area (TPSA) is 59.4 Å². The zero-order valence-electron chi connectivity index (χ0n) is 11.8. The lowest BCUT2D eigenvalue weighted by atomic mass is 10.0. The lowest BCUT2D eigenvalue weighted by molar-refractivity contribution is 0.0693. The van der Waals surface area contributed by atoms with Crippen molar-refractivity contribution in [3.8, 4) is 11.6 Å². The molecule has 0 aliphatic carbocycles. The fourth-order valence-electron chi connectivity index (χ4n) is 1.82. The van der Waals surface area contributed by atoms with E-state index in [1.165, 1.54) is 6.07 Å². The van der Waals surface area contributed by atoms with Crippen molar-refractivity contribution in [3.63, 3.8) is 0 Å².